The maximum atomic E-state index is 11.6. The molecule has 2 aromatic carbocycles. The van der Waals surface area contributed by atoms with Crippen LogP contribution < -0.4 is 10.2 Å². The highest BCUT2D eigenvalue weighted by atomic mass is 35.5. The average Bonchev–Trinajstić information content (AvgIpc) is 3.19. The SMILES string of the molecule is O=[N+]([O-])c1cc(-c2nnc(Nc3ccc(Cl)cc3Cl)s2)ccc1N1CCOCC1. The minimum atomic E-state index is -0.373. The fourth-order valence-electron chi connectivity index (χ4n) is 2.97. The Morgan fingerprint density at radius 2 is 1.93 bits per heavy atom. The number of nitrogens with zero attached hydrogens (tertiary/aromatic N) is 4. The molecule has 0 aliphatic carbocycles. The highest BCUT2D eigenvalue weighted by Crippen LogP contribution is 2.36. The number of ether oxygens (including phenoxy) is 1. The number of anilines is 3. The first kappa shape index (κ1) is 19.8. The zero-order valence-corrected chi connectivity index (χ0v) is 17.3. The van der Waals surface area contributed by atoms with E-state index in [9.17, 15) is 10.1 Å². The van der Waals surface area contributed by atoms with Crippen LogP contribution in [0.5, 0.6) is 0 Å². The fraction of sp³-hybridized carbons (Fsp3) is 0.222. The molecule has 29 heavy (non-hydrogen) atoms. The Bertz CT molecular complexity index is 1060. The van der Waals surface area contributed by atoms with E-state index in [0.717, 1.165) is 0 Å². The summed E-state index contributed by atoms with van der Waals surface area (Å²) in [5.74, 6) is 0. The number of nitro groups is 1. The van der Waals surface area contributed by atoms with Crippen molar-refractivity contribution in [1.29, 1.82) is 0 Å². The van der Waals surface area contributed by atoms with Gasteiger partial charge in [0.2, 0.25) is 5.13 Å². The van der Waals surface area contributed by atoms with Crippen LogP contribution in [-0.4, -0.2) is 41.4 Å². The lowest BCUT2D eigenvalue weighted by Gasteiger charge is -2.28. The Hall–Kier alpha value is -2.46. The van der Waals surface area contributed by atoms with Crippen molar-refractivity contribution >= 4 is 56.7 Å². The third-order valence-electron chi connectivity index (χ3n) is 4.37. The highest BCUT2D eigenvalue weighted by Gasteiger charge is 2.23. The van der Waals surface area contributed by atoms with Crippen molar-refractivity contribution in [1.82, 2.24) is 10.2 Å². The topological polar surface area (TPSA) is 93.4 Å². The predicted octanol–water partition coefficient (Wildman–Crippen LogP) is 5.00. The van der Waals surface area contributed by atoms with E-state index in [1.54, 1.807) is 24.3 Å². The zero-order valence-electron chi connectivity index (χ0n) is 15.0. The van der Waals surface area contributed by atoms with Crippen molar-refractivity contribution in [2.24, 2.45) is 0 Å². The molecule has 0 amide bonds. The van der Waals surface area contributed by atoms with E-state index in [0.29, 0.717) is 63.4 Å². The summed E-state index contributed by atoms with van der Waals surface area (Å²) in [6, 6.07) is 10.2. The van der Waals surface area contributed by atoms with Gasteiger partial charge in [0.05, 0.1) is 28.8 Å². The Kier molecular flexibility index (Phi) is 5.81. The quantitative estimate of drug-likeness (QED) is 0.430. The number of nitro benzene ring substituents is 1. The summed E-state index contributed by atoms with van der Waals surface area (Å²) >= 11 is 13.4. The first-order valence-corrected chi connectivity index (χ1v) is 10.3. The van der Waals surface area contributed by atoms with E-state index < -0.39 is 0 Å². The molecular weight excluding hydrogens is 437 g/mol. The van der Waals surface area contributed by atoms with E-state index in [-0.39, 0.29) is 10.6 Å². The van der Waals surface area contributed by atoms with Crippen molar-refractivity contribution in [3.8, 4) is 10.6 Å². The summed E-state index contributed by atoms with van der Waals surface area (Å²) in [6.45, 7) is 2.35. The molecule has 150 valence electrons. The molecule has 1 aromatic heterocycles. The van der Waals surface area contributed by atoms with Gasteiger partial charge in [0.25, 0.3) is 5.69 Å². The number of morpholine rings is 1. The number of rotatable bonds is 5. The number of hydrogen-bond donors (Lipinski definition) is 1. The van der Waals surface area contributed by atoms with Gasteiger partial charge in [-0.1, -0.05) is 34.5 Å². The lowest BCUT2D eigenvalue weighted by atomic mass is 10.1. The molecule has 1 aliphatic heterocycles. The molecule has 0 saturated carbocycles. The smallest absolute Gasteiger partial charge is 0.293 e. The molecule has 0 bridgehead atoms. The van der Waals surface area contributed by atoms with Gasteiger partial charge in [-0.25, -0.2) is 0 Å². The molecule has 11 heteroatoms. The largest absolute Gasteiger partial charge is 0.378 e. The van der Waals surface area contributed by atoms with E-state index in [1.807, 2.05) is 11.0 Å². The number of hydrogen-bond acceptors (Lipinski definition) is 8. The third kappa shape index (κ3) is 4.43. The fourth-order valence-corrected chi connectivity index (χ4v) is 4.18. The van der Waals surface area contributed by atoms with Gasteiger partial charge >= 0.3 is 0 Å². The molecule has 2 heterocycles. The van der Waals surface area contributed by atoms with Gasteiger partial charge in [-0.05, 0) is 30.3 Å². The Labute approximate surface area is 180 Å². The number of halogens is 2. The summed E-state index contributed by atoms with van der Waals surface area (Å²) in [5, 5.41) is 25.1. The molecule has 1 saturated heterocycles. The number of aromatic nitrogens is 2. The zero-order chi connectivity index (χ0) is 20.4. The van der Waals surface area contributed by atoms with Crippen LogP contribution in [0.1, 0.15) is 0 Å². The van der Waals surface area contributed by atoms with E-state index >= 15 is 0 Å². The molecule has 1 aliphatic rings. The summed E-state index contributed by atoms with van der Waals surface area (Å²) in [5.41, 5.74) is 1.89. The minimum absolute atomic E-state index is 0.0369. The monoisotopic (exact) mass is 451 g/mol. The Morgan fingerprint density at radius 1 is 1.14 bits per heavy atom. The van der Waals surface area contributed by atoms with Crippen LogP contribution in [0.25, 0.3) is 10.6 Å². The molecule has 0 unspecified atom stereocenters. The second kappa shape index (κ2) is 8.50. The lowest BCUT2D eigenvalue weighted by molar-refractivity contribution is -0.384. The van der Waals surface area contributed by atoms with E-state index in [4.69, 9.17) is 27.9 Å². The van der Waals surface area contributed by atoms with E-state index in [2.05, 4.69) is 15.5 Å². The van der Waals surface area contributed by atoms with Crippen LogP contribution in [0.4, 0.5) is 22.2 Å². The van der Waals surface area contributed by atoms with Gasteiger partial charge in [-0.3, -0.25) is 10.1 Å². The van der Waals surface area contributed by atoms with Gasteiger partial charge in [-0.15, -0.1) is 10.2 Å². The molecule has 4 rings (SSSR count). The highest BCUT2D eigenvalue weighted by molar-refractivity contribution is 7.18. The number of nitrogens with one attached hydrogen (secondary N) is 1. The Balaban J connectivity index is 1.60. The summed E-state index contributed by atoms with van der Waals surface area (Å²) in [4.78, 5) is 13.2. The van der Waals surface area contributed by atoms with Crippen molar-refractivity contribution in [3.05, 3.63) is 56.6 Å². The molecule has 8 nitrogen and oxygen atoms in total. The van der Waals surface area contributed by atoms with Gasteiger partial charge in [0, 0.05) is 29.7 Å². The maximum absolute atomic E-state index is 11.6. The van der Waals surface area contributed by atoms with Crippen LogP contribution in [-0.2, 0) is 4.74 Å². The second-order valence-electron chi connectivity index (χ2n) is 6.22. The molecule has 0 spiro atoms. The first-order chi connectivity index (χ1) is 14.0. The number of benzene rings is 2. The van der Waals surface area contributed by atoms with Gasteiger partial charge < -0.3 is 15.0 Å². The molecule has 1 fully saturated rings. The standard InChI is InChI=1S/C18H15Cl2N5O3S/c19-12-2-3-14(13(20)10-12)21-18-23-22-17(29-18)11-1-4-15(16(9-11)25(26)27)24-5-7-28-8-6-24/h1-4,9-10H,5-8H2,(H,21,23). The predicted molar refractivity (Wildman–Crippen MR) is 115 cm³/mol. The summed E-state index contributed by atoms with van der Waals surface area (Å²) in [6.07, 6.45) is 0. The van der Waals surface area contributed by atoms with Gasteiger partial charge in [-0.2, -0.15) is 0 Å². The van der Waals surface area contributed by atoms with Crippen molar-refractivity contribution in [2.45, 2.75) is 0 Å². The van der Waals surface area contributed by atoms with Crippen molar-refractivity contribution in [3.63, 3.8) is 0 Å². The maximum Gasteiger partial charge on any atom is 0.293 e. The lowest BCUT2D eigenvalue weighted by Crippen LogP contribution is -2.36. The van der Waals surface area contributed by atoms with E-state index in [1.165, 1.54) is 17.4 Å². The van der Waals surface area contributed by atoms with Crippen LogP contribution in [0.15, 0.2) is 36.4 Å². The molecule has 3 aromatic rings. The van der Waals surface area contributed by atoms with Crippen LogP contribution in [0, 0.1) is 10.1 Å². The van der Waals surface area contributed by atoms with Gasteiger partial charge in [0.1, 0.15) is 10.7 Å². The molecular formula is C18H15Cl2N5O3S. The minimum Gasteiger partial charge on any atom is -0.378 e. The molecule has 0 atom stereocenters. The van der Waals surface area contributed by atoms with Crippen molar-refractivity contribution < 1.29 is 9.66 Å². The first-order valence-electron chi connectivity index (χ1n) is 8.68. The third-order valence-corrected chi connectivity index (χ3v) is 5.80. The van der Waals surface area contributed by atoms with Crippen LogP contribution >= 0.6 is 34.5 Å². The molecule has 1 N–H and O–H groups in total. The Morgan fingerprint density at radius 3 is 2.66 bits per heavy atom. The van der Waals surface area contributed by atoms with Gasteiger partial charge in [0.15, 0.2) is 0 Å². The van der Waals surface area contributed by atoms with Crippen molar-refractivity contribution in [2.75, 3.05) is 36.5 Å². The van der Waals surface area contributed by atoms with Crippen LogP contribution in [0.2, 0.25) is 10.0 Å². The summed E-state index contributed by atoms with van der Waals surface area (Å²) in [7, 11) is 0. The molecule has 0 radical (unpaired) electrons. The van der Waals surface area contributed by atoms with Crippen LogP contribution in [0.3, 0.4) is 0 Å². The second-order valence-corrected chi connectivity index (χ2v) is 8.04. The normalized spacial score (nSPS) is 14.1. The summed E-state index contributed by atoms with van der Waals surface area (Å²) < 4.78 is 5.33. The average molecular weight is 452 g/mol.